The summed E-state index contributed by atoms with van der Waals surface area (Å²) in [6.07, 6.45) is 4.88. The van der Waals surface area contributed by atoms with Crippen LogP contribution in [0.15, 0.2) is 36.4 Å². The third-order valence-corrected chi connectivity index (χ3v) is 10.9. The summed E-state index contributed by atoms with van der Waals surface area (Å²) in [5, 5.41) is 17.3. The van der Waals surface area contributed by atoms with Gasteiger partial charge < -0.3 is 30.2 Å². The Bertz CT molecular complexity index is 1620. The van der Waals surface area contributed by atoms with Gasteiger partial charge in [0.05, 0.1) is 5.52 Å². The summed E-state index contributed by atoms with van der Waals surface area (Å²) in [6.45, 7) is 8.95. The normalized spacial score (nSPS) is 21.1. The molecule has 0 saturated carbocycles. The first-order chi connectivity index (χ1) is 23.3. The number of para-hydroxylation sites is 1. The standard InChI is InChI=1S/C35H48N10O3/c1-24-21-25(22-30-32(24)39-40-38-30)23-31(33(46)43-19-17-42(18-20-43)27-8-12-41(2)13-9-27)37-34(47)44-14-10-28(11-15-44)45-16-7-26-5-3-4-6-29(26)36-35(45)48/h3-6,21-22,27-28,31H,7-20,23H2,1-2H3,(H,36,48)(H,37,47)(H,38,39,40). The molecule has 0 aliphatic carbocycles. The Balaban J connectivity index is 0.996. The Labute approximate surface area is 282 Å². The summed E-state index contributed by atoms with van der Waals surface area (Å²) in [4.78, 5) is 51.6. The second-order valence-electron chi connectivity index (χ2n) is 14.0. The maximum atomic E-state index is 14.1. The number of hydrogen-bond donors (Lipinski definition) is 3. The molecule has 4 aliphatic heterocycles. The highest BCUT2D eigenvalue weighted by molar-refractivity contribution is 5.91. The fourth-order valence-electron chi connectivity index (χ4n) is 8.00. The molecular formula is C35H48N10O3. The number of piperidine rings is 2. The average Bonchev–Trinajstić information content (AvgIpc) is 3.52. The minimum absolute atomic E-state index is 0.0417. The van der Waals surface area contributed by atoms with Crippen LogP contribution < -0.4 is 10.6 Å². The van der Waals surface area contributed by atoms with Gasteiger partial charge in [-0.3, -0.25) is 14.8 Å². The van der Waals surface area contributed by atoms with Gasteiger partial charge in [0, 0.05) is 70.0 Å². The molecule has 1 aromatic heterocycles. The summed E-state index contributed by atoms with van der Waals surface area (Å²) < 4.78 is 0. The summed E-state index contributed by atoms with van der Waals surface area (Å²) >= 11 is 0. The molecule has 0 spiro atoms. The van der Waals surface area contributed by atoms with Gasteiger partial charge in [0.25, 0.3) is 0 Å². The van der Waals surface area contributed by atoms with E-state index in [4.69, 9.17) is 0 Å². The van der Waals surface area contributed by atoms with Gasteiger partial charge in [0.1, 0.15) is 11.6 Å². The zero-order valence-corrected chi connectivity index (χ0v) is 28.2. The Morgan fingerprint density at radius 1 is 0.917 bits per heavy atom. The van der Waals surface area contributed by atoms with Crippen molar-refractivity contribution in [2.24, 2.45) is 0 Å². The van der Waals surface area contributed by atoms with Crippen molar-refractivity contribution in [3.8, 4) is 0 Å². The van der Waals surface area contributed by atoms with Gasteiger partial charge >= 0.3 is 12.1 Å². The smallest absolute Gasteiger partial charge is 0.322 e. The number of carbonyl (C=O) groups excluding carboxylic acids is 3. The first-order valence-corrected chi connectivity index (χ1v) is 17.5. The molecule has 5 amide bonds. The van der Waals surface area contributed by atoms with E-state index in [1.165, 1.54) is 12.8 Å². The molecule has 2 aromatic carbocycles. The molecule has 7 rings (SSSR count). The lowest BCUT2D eigenvalue weighted by Crippen LogP contribution is -2.59. The largest absolute Gasteiger partial charge is 0.338 e. The summed E-state index contributed by atoms with van der Waals surface area (Å²) in [7, 11) is 2.18. The van der Waals surface area contributed by atoms with E-state index in [-0.39, 0.29) is 24.0 Å². The van der Waals surface area contributed by atoms with Crippen LogP contribution >= 0.6 is 0 Å². The van der Waals surface area contributed by atoms with Crippen LogP contribution in [0.3, 0.4) is 0 Å². The van der Waals surface area contributed by atoms with Gasteiger partial charge in [-0.05, 0) is 88.0 Å². The van der Waals surface area contributed by atoms with Crippen LogP contribution in [0.5, 0.6) is 0 Å². The monoisotopic (exact) mass is 656 g/mol. The van der Waals surface area contributed by atoms with Crippen LogP contribution in [0.2, 0.25) is 0 Å². The highest BCUT2D eigenvalue weighted by atomic mass is 16.2. The molecule has 3 saturated heterocycles. The van der Waals surface area contributed by atoms with Crippen LogP contribution in [0, 0.1) is 6.92 Å². The van der Waals surface area contributed by atoms with Crippen molar-refractivity contribution in [2.45, 2.75) is 63.6 Å². The Morgan fingerprint density at radius 2 is 1.65 bits per heavy atom. The fraction of sp³-hybridized carbons (Fsp3) is 0.571. The van der Waals surface area contributed by atoms with Gasteiger partial charge in [-0.15, -0.1) is 5.10 Å². The molecule has 5 heterocycles. The molecule has 48 heavy (non-hydrogen) atoms. The first kappa shape index (κ1) is 32.3. The summed E-state index contributed by atoms with van der Waals surface area (Å²) in [6, 6.07) is 11.6. The summed E-state index contributed by atoms with van der Waals surface area (Å²) in [5.74, 6) is -0.0417. The minimum atomic E-state index is -0.705. The number of nitrogens with one attached hydrogen (secondary N) is 3. The Morgan fingerprint density at radius 3 is 2.42 bits per heavy atom. The van der Waals surface area contributed by atoms with Crippen LogP contribution in [-0.2, 0) is 17.6 Å². The molecule has 0 bridgehead atoms. The third kappa shape index (κ3) is 6.98. The quantitative estimate of drug-likeness (QED) is 0.372. The van der Waals surface area contributed by atoms with E-state index in [0.29, 0.717) is 58.0 Å². The lowest BCUT2D eigenvalue weighted by molar-refractivity contribution is -0.135. The number of carbonyl (C=O) groups is 3. The van der Waals surface area contributed by atoms with Gasteiger partial charge in [-0.1, -0.05) is 29.5 Å². The van der Waals surface area contributed by atoms with E-state index < -0.39 is 6.04 Å². The minimum Gasteiger partial charge on any atom is -0.338 e. The molecule has 3 fully saturated rings. The van der Waals surface area contributed by atoms with Crippen molar-refractivity contribution < 1.29 is 14.4 Å². The Kier molecular flexibility index (Phi) is 9.49. The SMILES string of the molecule is Cc1cc(CC(NC(=O)N2CCC(N3CCc4ccccc4NC3=O)CC2)C(=O)N2CCN(C3CCN(C)CC3)CC2)cc2nn[nH]c12. The molecule has 4 aliphatic rings. The number of aryl methyl sites for hydroxylation is 1. The molecule has 256 valence electrons. The van der Waals surface area contributed by atoms with E-state index in [0.717, 1.165) is 66.0 Å². The molecular weight excluding hydrogens is 608 g/mol. The second kappa shape index (κ2) is 14.1. The number of amides is 5. The molecule has 1 unspecified atom stereocenters. The molecule has 1 atom stereocenters. The van der Waals surface area contributed by atoms with Gasteiger partial charge in [0.2, 0.25) is 5.91 Å². The van der Waals surface area contributed by atoms with Crippen molar-refractivity contribution >= 4 is 34.7 Å². The van der Waals surface area contributed by atoms with Crippen LogP contribution in [0.25, 0.3) is 11.0 Å². The van der Waals surface area contributed by atoms with E-state index in [2.05, 4.69) is 49.0 Å². The number of nitrogens with zero attached hydrogens (tertiary/aromatic N) is 7. The predicted molar refractivity (Wildman–Crippen MR) is 184 cm³/mol. The Hall–Kier alpha value is -4.23. The molecule has 3 N–H and O–H groups in total. The highest BCUT2D eigenvalue weighted by Crippen LogP contribution is 2.25. The number of H-pyrrole nitrogens is 1. The topological polar surface area (TPSA) is 133 Å². The van der Waals surface area contributed by atoms with Crippen molar-refractivity contribution in [1.29, 1.82) is 0 Å². The molecule has 3 aromatic rings. The van der Waals surface area contributed by atoms with Crippen molar-refractivity contribution in [1.82, 2.24) is 45.2 Å². The summed E-state index contributed by atoms with van der Waals surface area (Å²) in [5.41, 5.74) is 5.57. The first-order valence-electron chi connectivity index (χ1n) is 17.5. The number of urea groups is 2. The third-order valence-electron chi connectivity index (χ3n) is 10.9. The zero-order chi connectivity index (χ0) is 33.2. The number of anilines is 1. The molecule has 13 heteroatoms. The van der Waals surface area contributed by atoms with E-state index in [9.17, 15) is 14.4 Å². The van der Waals surface area contributed by atoms with Crippen LogP contribution in [0.4, 0.5) is 15.3 Å². The van der Waals surface area contributed by atoms with Gasteiger partial charge in [-0.25, -0.2) is 9.59 Å². The second-order valence-corrected chi connectivity index (χ2v) is 14.0. The number of aromatic nitrogens is 3. The number of fused-ring (bicyclic) bond motifs is 2. The van der Waals surface area contributed by atoms with Gasteiger partial charge in [0.15, 0.2) is 0 Å². The maximum Gasteiger partial charge on any atom is 0.322 e. The maximum absolute atomic E-state index is 14.1. The lowest BCUT2D eigenvalue weighted by Gasteiger charge is -2.43. The van der Waals surface area contributed by atoms with Crippen molar-refractivity contribution in [3.05, 3.63) is 53.1 Å². The number of hydrogen-bond acceptors (Lipinski definition) is 7. The zero-order valence-electron chi connectivity index (χ0n) is 28.2. The van der Waals surface area contributed by atoms with Crippen molar-refractivity contribution in [3.63, 3.8) is 0 Å². The lowest BCUT2D eigenvalue weighted by atomic mass is 10.00. The molecule has 13 nitrogen and oxygen atoms in total. The van der Waals surface area contributed by atoms with Crippen molar-refractivity contribution in [2.75, 3.05) is 71.3 Å². The number of aromatic amines is 1. The van der Waals surface area contributed by atoms with E-state index in [1.807, 2.05) is 47.1 Å². The molecule has 0 radical (unpaired) electrons. The number of benzene rings is 2. The van der Waals surface area contributed by atoms with Crippen LogP contribution in [0.1, 0.15) is 42.4 Å². The predicted octanol–water partition coefficient (Wildman–Crippen LogP) is 2.68. The fourth-order valence-corrected chi connectivity index (χ4v) is 8.00. The number of piperazine rings is 1. The number of likely N-dealkylation sites (tertiary alicyclic amines) is 2. The number of rotatable bonds is 6. The highest BCUT2D eigenvalue weighted by Gasteiger charge is 2.35. The van der Waals surface area contributed by atoms with Gasteiger partial charge in [-0.2, -0.15) is 0 Å². The van der Waals surface area contributed by atoms with E-state index >= 15 is 0 Å². The van der Waals surface area contributed by atoms with Crippen LogP contribution in [-0.4, -0.2) is 142 Å². The van der Waals surface area contributed by atoms with E-state index in [1.54, 1.807) is 4.90 Å². The average molecular weight is 657 g/mol.